The summed E-state index contributed by atoms with van der Waals surface area (Å²) in [5.74, 6) is -3.04. The van der Waals surface area contributed by atoms with Gasteiger partial charge in [0.25, 0.3) is 0 Å². The summed E-state index contributed by atoms with van der Waals surface area (Å²) < 4.78 is 52.8. The van der Waals surface area contributed by atoms with Crippen LogP contribution in [0, 0.1) is 23.3 Å². The molecule has 0 bridgehead atoms. The number of hydrogen-bond donors (Lipinski definition) is 1. The maximum atomic E-state index is 13.6. The molecule has 0 fully saturated rings. The summed E-state index contributed by atoms with van der Waals surface area (Å²) in [5.41, 5.74) is 0.729. The fourth-order valence-electron chi connectivity index (χ4n) is 2.15. The van der Waals surface area contributed by atoms with Gasteiger partial charge in [-0.3, -0.25) is 0 Å². The Morgan fingerprint density at radius 1 is 1.00 bits per heavy atom. The Labute approximate surface area is 120 Å². The van der Waals surface area contributed by atoms with E-state index in [9.17, 15) is 17.6 Å². The first-order valence-electron chi connectivity index (χ1n) is 6.59. The molecule has 0 aliphatic heterocycles. The van der Waals surface area contributed by atoms with Crippen molar-refractivity contribution in [1.82, 2.24) is 5.32 Å². The van der Waals surface area contributed by atoms with Gasteiger partial charge in [0.2, 0.25) is 0 Å². The van der Waals surface area contributed by atoms with E-state index in [-0.39, 0.29) is 5.56 Å². The zero-order valence-electron chi connectivity index (χ0n) is 11.5. The summed E-state index contributed by atoms with van der Waals surface area (Å²) in [4.78, 5) is 0. The summed E-state index contributed by atoms with van der Waals surface area (Å²) in [5, 5.41) is 3.00. The highest BCUT2D eigenvalue weighted by Gasteiger charge is 2.13. The molecule has 0 radical (unpaired) electrons. The van der Waals surface area contributed by atoms with E-state index in [2.05, 4.69) is 5.32 Å². The Morgan fingerprint density at radius 2 is 1.67 bits per heavy atom. The maximum absolute atomic E-state index is 13.6. The summed E-state index contributed by atoms with van der Waals surface area (Å²) in [6.07, 6.45) is 0.385. The van der Waals surface area contributed by atoms with Gasteiger partial charge in [0.1, 0.15) is 11.6 Å². The zero-order valence-corrected chi connectivity index (χ0v) is 11.5. The fourth-order valence-corrected chi connectivity index (χ4v) is 2.15. The van der Waals surface area contributed by atoms with Gasteiger partial charge < -0.3 is 5.32 Å². The van der Waals surface area contributed by atoms with Gasteiger partial charge in [-0.2, -0.15) is 0 Å². The molecular formula is C16H15F4N. The number of rotatable bonds is 5. The second-order valence-corrected chi connectivity index (χ2v) is 4.85. The summed E-state index contributed by atoms with van der Waals surface area (Å²) >= 11 is 0. The van der Waals surface area contributed by atoms with Crippen molar-refractivity contribution >= 4 is 0 Å². The molecule has 1 unspecified atom stereocenters. The molecule has 0 saturated heterocycles. The zero-order chi connectivity index (χ0) is 15.4. The van der Waals surface area contributed by atoms with Crippen molar-refractivity contribution in [2.24, 2.45) is 0 Å². The van der Waals surface area contributed by atoms with Gasteiger partial charge >= 0.3 is 0 Å². The van der Waals surface area contributed by atoms with Gasteiger partial charge in [-0.25, -0.2) is 17.6 Å². The monoisotopic (exact) mass is 297 g/mol. The molecule has 0 saturated carbocycles. The Hall–Kier alpha value is -1.88. The molecule has 0 spiro atoms. The highest BCUT2D eigenvalue weighted by atomic mass is 19.2. The number of benzene rings is 2. The standard InChI is InChI=1S/C16H15F4N/c1-10(14-3-2-4-15(19)16(14)20)21-6-5-11-7-12(17)9-13(18)8-11/h2-4,7-10,21H,5-6H2,1H3. The minimum absolute atomic E-state index is 0.223. The average Bonchev–Trinajstić information content (AvgIpc) is 2.40. The first-order chi connectivity index (χ1) is 9.97. The van der Waals surface area contributed by atoms with E-state index in [1.807, 2.05) is 0 Å². The van der Waals surface area contributed by atoms with Gasteiger partial charge in [0.15, 0.2) is 11.6 Å². The third kappa shape index (κ3) is 4.04. The van der Waals surface area contributed by atoms with Crippen molar-refractivity contribution in [1.29, 1.82) is 0 Å². The van der Waals surface area contributed by atoms with Crippen molar-refractivity contribution in [3.63, 3.8) is 0 Å². The van der Waals surface area contributed by atoms with Crippen LogP contribution in [0.25, 0.3) is 0 Å². The first-order valence-corrected chi connectivity index (χ1v) is 6.59. The highest BCUT2D eigenvalue weighted by molar-refractivity contribution is 5.22. The molecule has 2 aromatic rings. The molecule has 21 heavy (non-hydrogen) atoms. The topological polar surface area (TPSA) is 12.0 Å². The normalized spacial score (nSPS) is 12.4. The molecule has 0 heterocycles. The van der Waals surface area contributed by atoms with E-state index in [0.717, 1.165) is 12.1 Å². The lowest BCUT2D eigenvalue weighted by atomic mass is 10.1. The highest BCUT2D eigenvalue weighted by Crippen LogP contribution is 2.19. The Kier molecular flexibility index (Phi) is 4.96. The van der Waals surface area contributed by atoms with Crippen LogP contribution in [0.2, 0.25) is 0 Å². The number of nitrogens with one attached hydrogen (secondary N) is 1. The van der Waals surface area contributed by atoms with Crippen molar-refractivity contribution in [2.45, 2.75) is 19.4 Å². The van der Waals surface area contributed by atoms with E-state index in [4.69, 9.17) is 0 Å². The lowest BCUT2D eigenvalue weighted by molar-refractivity contribution is 0.473. The van der Waals surface area contributed by atoms with Crippen LogP contribution in [0.5, 0.6) is 0 Å². The molecule has 2 aromatic carbocycles. The summed E-state index contributed by atoms with van der Waals surface area (Å²) in [6.45, 7) is 2.09. The van der Waals surface area contributed by atoms with Crippen molar-refractivity contribution < 1.29 is 17.6 Å². The number of halogens is 4. The molecule has 0 aromatic heterocycles. The Morgan fingerprint density at radius 3 is 2.33 bits per heavy atom. The van der Waals surface area contributed by atoms with Crippen LogP contribution in [0.3, 0.4) is 0 Å². The second-order valence-electron chi connectivity index (χ2n) is 4.85. The molecule has 0 aliphatic carbocycles. The minimum atomic E-state index is -0.895. The summed E-state index contributed by atoms with van der Waals surface area (Å²) in [6, 6.07) is 6.89. The SMILES string of the molecule is CC(NCCc1cc(F)cc(F)c1)c1cccc(F)c1F. The van der Waals surface area contributed by atoms with Crippen LogP contribution in [0.1, 0.15) is 24.1 Å². The second kappa shape index (κ2) is 6.72. The van der Waals surface area contributed by atoms with E-state index in [1.54, 1.807) is 6.92 Å². The van der Waals surface area contributed by atoms with Gasteiger partial charge in [-0.05, 0) is 43.7 Å². The summed E-state index contributed by atoms with van der Waals surface area (Å²) in [7, 11) is 0. The molecular weight excluding hydrogens is 282 g/mol. The van der Waals surface area contributed by atoms with E-state index < -0.39 is 29.3 Å². The molecule has 0 amide bonds. The fraction of sp³-hybridized carbons (Fsp3) is 0.250. The van der Waals surface area contributed by atoms with Crippen molar-refractivity contribution in [3.05, 3.63) is 70.8 Å². The molecule has 5 heteroatoms. The smallest absolute Gasteiger partial charge is 0.163 e. The van der Waals surface area contributed by atoms with Crippen LogP contribution >= 0.6 is 0 Å². The lowest BCUT2D eigenvalue weighted by Gasteiger charge is -2.15. The third-order valence-corrected chi connectivity index (χ3v) is 3.23. The number of hydrogen-bond acceptors (Lipinski definition) is 1. The minimum Gasteiger partial charge on any atom is -0.310 e. The molecule has 1 atom stereocenters. The Balaban J connectivity index is 1.95. The van der Waals surface area contributed by atoms with Gasteiger partial charge in [0.05, 0.1) is 0 Å². The van der Waals surface area contributed by atoms with Crippen LogP contribution in [0.15, 0.2) is 36.4 Å². The van der Waals surface area contributed by atoms with E-state index in [1.165, 1.54) is 24.3 Å². The predicted molar refractivity (Wildman–Crippen MR) is 72.8 cm³/mol. The Bertz CT molecular complexity index is 607. The van der Waals surface area contributed by atoms with Gasteiger partial charge in [-0.15, -0.1) is 0 Å². The molecule has 0 aliphatic rings. The third-order valence-electron chi connectivity index (χ3n) is 3.23. The van der Waals surface area contributed by atoms with E-state index >= 15 is 0 Å². The molecule has 1 N–H and O–H groups in total. The van der Waals surface area contributed by atoms with Crippen LogP contribution in [0.4, 0.5) is 17.6 Å². The predicted octanol–water partition coefficient (Wildman–Crippen LogP) is 4.14. The van der Waals surface area contributed by atoms with Crippen LogP contribution in [-0.2, 0) is 6.42 Å². The molecule has 112 valence electrons. The van der Waals surface area contributed by atoms with Crippen molar-refractivity contribution in [2.75, 3.05) is 6.54 Å². The van der Waals surface area contributed by atoms with Gasteiger partial charge in [-0.1, -0.05) is 12.1 Å². The van der Waals surface area contributed by atoms with Crippen molar-refractivity contribution in [3.8, 4) is 0 Å². The quantitative estimate of drug-likeness (QED) is 0.818. The maximum Gasteiger partial charge on any atom is 0.163 e. The average molecular weight is 297 g/mol. The molecule has 1 nitrogen and oxygen atoms in total. The van der Waals surface area contributed by atoms with Crippen LogP contribution in [-0.4, -0.2) is 6.54 Å². The molecule has 2 rings (SSSR count). The largest absolute Gasteiger partial charge is 0.310 e. The lowest BCUT2D eigenvalue weighted by Crippen LogP contribution is -2.22. The first kappa shape index (κ1) is 15.5. The van der Waals surface area contributed by atoms with Gasteiger partial charge in [0, 0.05) is 17.7 Å². The van der Waals surface area contributed by atoms with E-state index in [0.29, 0.717) is 18.5 Å². The van der Waals surface area contributed by atoms with Crippen LogP contribution < -0.4 is 5.32 Å².